The van der Waals surface area contributed by atoms with Crippen LogP contribution >= 0.6 is 15.9 Å². The maximum atomic E-state index is 5.77. The van der Waals surface area contributed by atoms with E-state index < -0.39 is 0 Å². The zero-order valence-corrected chi connectivity index (χ0v) is 10.1. The monoisotopic (exact) mass is 279 g/mol. The molecule has 0 aliphatic heterocycles. The summed E-state index contributed by atoms with van der Waals surface area (Å²) in [5.74, 6) is 2.24. The Hall–Kier alpha value is -1.36. The molecule has 0 radical (unpaired) electrons. The maximum absolute atomic E-state index is 5.77. The standard InChI is InChI=1S/C11H10BrN3O/c12-7-3-4-16-10(7)11-14-8(6-1-2-6)5-9(13)15-11/h3-6H,1-2H2,(H2,13,14,15). The van der Waals surface area contributed by atoms with Crippen LogP contribution in [0, 0.1) is 0 Å². The van der Waals surface area contributed by atoms with E-state index in [1.165, 1.54) is 12.8 Å². The van der Waals surface area contributed by atoms with Gasteiger partial charge in [0.15, 0.2) is 11.6 Å². The van der Waals surface area contributed by atoms with Gasteiger partial charge in [0, 0.05) is 17.7 Å². The lowest BCUT2D eigenvalue weighted by atomic mass is 10.2. The molecule has 3 rings (SSSR count). The first-order chi connectivity index (χ1) is 7.74. The van der Waals surface area contributed by atoms with Gasteiger partial charge in [0.25, 0.3) is 0 Å². The number of anilines is 1. The van der Waals surface area contributed by atoms with Gasteiger partial charge < -0.3 is 10.2 Å². The highest BCUT2D eigenvalue weighted by molar-refractivity contribution is 9.10. The smallest absolute Gasteiger partial charge is 0.199 e. The van der Waals surface area contributed by atoms with Gasteiger partial charge in [-0.15, -0.1) is 0 Å². The molecular weight excluding hydrogens is 270 g/mol. The summed E-state index contributed by atoms with van der Waals surface area (Å²) in [6.45, 7) is 0. The van der Waals surface area contributed by atoms with Crippen LogP contribution in [0.2, 0.25) is 0 Å². The molecule has 0 saturated heterocycles. The first-order valence-electron chi connectivity index (χ1n) is 5.12. The molecular formula is C11H10BrN3O. The molecule has 82 valence electrons. The quantitative estimate of drug-likeness (QED) is 0.918. The van der Waals surface area contributed by atoms with Gasteiger partial charge in [-0.05, 0) is 34.8 Å². The van der Waals surface area contributed by atoms with Gasteiger partial charge >= 0.3 is 0 Å². The van der Waals surface area contributed by atoms with Crippen molar-refractivity contribution in [3.05, 3.63) is 28.6 Å². The van der Waals surface area contributed by atoms with Crippen LogP contribution in [-0.2, 0) is 0 Å². The number of hydrogen-bond donors (Lipinski definition) is 1. The molecule has 2 aromatic heterocycles. The minimum absolute atomic E-state index is 0.496. The van der Waals surface area contributed by atoms with Gasteiger partial charge in [-0.2, -0.15) is 0 Å². The molecule has 0 amide bonds. The Morgan fingerprint density at radius 1 is 1.38 bits per heavy atom. The minimum Gasteiger partial charge on any atom is -0.460 e. The highest BCUT2D eigenvalue weighted by atomic mass is 79.9. The van der Waals surface area contributed by atoms with Crippen molar-refractivity contribution in [1.29, 1.82) is 0 Å². The lowest BCUT2D eigenvalue weighted by Crippen LogP contribution is -1.99. The first kappa shape index (κ1) is 9.84. The summed E-state index contributed by atoms with van der Waals surface area (Å²) in [5.41, 5.74) is 6.79. The highest BCUT2D eigenvalue weighted by Gasteiger charge is 2.26. The van der Waals surface area contributed by atoms with Gasteiger partial charge in [-0.1, -0.05) is 0 Å². The fourth-order valence-electron chi connectivity index (χ4n) is 1.63. The van der Waals surface area contributed by atoms with E-state index >= 15 is 0 Å². The van der Waals surface area contributed by atoms with Crippen molar-refractivity contribution in [1.82, 2.24) is 9.97 Å². The molecule has 1 saturated carbocycles. The van der Waals surface area contributed by atoms with Gasteiger partial charge in [-0.3, -0.25) is 0 Å². The van der Waals surface area contributed by atoms with E-state index in [4.69, 9.17) is 10.2 Å². The number of nitrogens with zero attached hydrogens (tertiary/aromatic N) is 2. The summed E-state index contributed by atoms with van der Waals surface area (Å²) in [6, 6.07) is 3.66. The number of aromatic nitrogens is 2. The summed E-state index contributed by atoms with van der Waals surface area (Å²) in [6.07, 6.45) is 3.98. The number of furan rings is 1. The molecule has 1 aliphatic carbocycles. The normalized spacial score (nSPS) is 15.3. The predicted octanol–water partition coefficient (Wildman–Crippen LogP) is 2.96. The fraction of sp³-hybridized carbons (Fsp3) is 0.273. The van der Waals surface area contributed by atoms with Crippen LogP contribution in [0.25, 0.3) is 11.6 Å². The molecule has 0 unspecified atom stereocenters. The number of nitrogens with two attached hydrogens (primary N) is 1. The van der Waals surface area contributed by atoms with E-state index in [1.54, 1.807) is 6.26 Å². The minimum atomic E-state index is 0.496. The van der Waals surface area contributed by atoms with Crippen LogP contribution in [0.1, 0.15) is 24.5 Å². The van der Waals surface area contributed by atoms with Crippen molar-refractivity contribution in [2.24, 2.45) is 0 Å². The second-order valence-electron chi connectivity index (χ2n) is 3.91. The number of rotatable bonds is 2. The van der Waals surface area contributed by atoms with Crippen molar-refractivity contribution in [3.8, 4) is 11.6 Å². The van der Waals surface area contributed by atoms with Gasteiger partial charge in [0.05, 0.1) is 10.7 Å². The van der Waals surface area contributed by atoms with Gasteiger partial charge in [-0.25, -0.2) is 9.97 Å². The van der Waals surface area contributed by atoms with Crippen molar-refractivity contribution >= 4 is 21.7 Å². The summed E-state index contributed by atoms with van der Waals surface area (Å²) in [5, 5.41) is 0. The van der Waals surface area contributed by atoms with Crippen LogP contribution < -0.4 is 5.73 Å². The average Bonchev–Trinajstić information content (AvgIpc) is 3.01. The van der Waals surface area contributed by atoms with Gasteiger partial charge in [0.2, 0.25) is 0 Å². The summed E-state index contributed by atoms with van der Waals surface area (Å²) < 4.78 is 6.18. The molecule has 2 N–H and O–H groups in total. The van der Waals surface area contributed by atoms with Gasteiger partial charge in [0.1, 0.15) is 5.82 Å². The number of halogens is 1. The van der Waals surface area contributed by atoms with Crippen molar-refractivity contribution < 1.29 is 4.42 Å². The van der Waals surface area contributed by atoms with E-state index in [0.717, 1.165) is 10.2 Å². The summed E-state index contributed by atoms with van der Waals surface area (Å²) in [4.78, 5) is 8.67. The van der Waals surface area contributed by atoms with Crippen LogP contribution in [0.4, 0.5) is 5.82 Å². The fourth-order valence-corrected chi connectivity index (χ4v) is 2.01. The second-order valence-corrected chi connectivity index (χ2v) is 4.77. The lowest BCUT2D eigenvalue weighted by molar-refractivity contribution is 0.575. The molecule has 1 fully saturated rings. The number of hydrogen-bond acceptors (Lipinski definition) is 4. The molecule has 0 bridgehead atoms. The van der Waals surface area contributed by atoms with E-state index in [0.29, 0.717) is 23.3 Å². The summed E-state index contributed by atoms with van der Waals surface area (Å²) >= 11 is 3.39. The molecule has 0 spiro atoms. The van der Waals surface area contributed by atoms with Crippen LogP contribution in [0.15, 0.2) is 27.3 Å². The Balaban J connectivity index is 2.10. The lowest BCUT2D eigenvalue weighted by Gasteiger charge is -2.03. The Kier molecular flexibility index (Phi) is 2.21. The van der Waals surface area contributed by atoms with Crippen molar-refractivity contribution in [3.63, 3.8) is 0 Å². The molecule has 16 heavy (non-hydrogen) atoms. The number of nitrogen functional groups attached to an aromatic ring is 1. The Bertz CT molecular complexity index is 534. The molecule has 1 aliphatic rings. The average molecular weight is 280 g/mol. The van der Waals surface area contributed by atoms with Crippen LogP contribution in [0.3, 0.4) is 0 Å². The SMILES string of the molecule is Nc1cc(C2CC2)nc(-c2occc2Br)n1. The molecule has 0 atom stereocenters. The zero-order chi connectivity index (χ0) is 11.1. The Morgan fingerprint density at radius 2 is 2.19 bits per heavy atom. The first-order valence-corrected chi connectivity index (χ1v) is 5.91. The third kappa shape index (κ3) is 1.71. The Labute approximate surface area is 101 Å². The second kappa shape index (κ2) is 3.59. The third-order valence-corrected chi connectivity index (χ3v) is 3.21. The van der Waals surface area contributed by atoms with Crippen molar-refractivity contribution in [2.45, 2.75) is 18.8 Å². The largest absolute Gasteiger partial charge is 0.460 e. The topological polar surface area (TPSA) is 64.9 Å². The zero-order valence-electron chi connectivity index (χ0n) is 8.48. The van der Waals surface area contributed by atoms with Crippen LogP contribution in [0.5, 0.6) is 0 Å². The molecule has 2 aromatic rings. The molecule has 4 nitrogen and oxygen atoms in total. The summed E-state index contributed by atoms with van der Waals surface area (Å²) in [7, 11) is 0. The van der Waals surface area contributed by atoms with E-state index in [1.807, 2.05) is 12.1 Å². The third-order valence-electron chi connectivity index (χ3n) is 2.58. The highest BCUT2D eigenvalue weighted by Crippen LogP contribution is 2.40. The van der Waals surface area contributed by atoms with E-state index in [9.17, 15) is 0 Å². The van der Waals surface area contributed by atoms with E-state index in [2.05, 4.69) is 25.9 Å². The van der Waals surface area contributed by atoms with Crippen LogP contribution in [-0.4, -0.2) is 9.97 Å². The van der Waals surface area contributed by atoms with Crippen molar-refractivity contribution in [2.75, 3.05) is 5.73 Å². The molecule has 5 heteroatoms. The molecule has 2 heterocycles. The Morgan fingerprint density at radius 3 is 2.81 bits per heavy atom. The predicted molar refractivity (Wildman–Crippen MR) is 63.8 cm³/mol. The van der Waals surface area contributed by atoms with E-state index in [-0.39, 0.29) is 0 Å². The maximum Gasteiger partial charge on any atom is 0.199 e. The molecule has 0 aromatic carbocycles.